The van der Waals surface area contributed by atoms with E-state index in [1.54, 1.807) is 12.3 Å². The number of carbonyl (C=O) groups is 1. The molecule has 45 heavy (non-hydrogen) atoms. The van der Waals surface area contributed by atoms with Crippen molar-refractivity contribution in [3.05, 3.63) is 106 Å². The van der Waals surface area contributed by atoms with Crippen molar-refractivity contribution in [2.24, 2.45) is 0 Å². The largest absolute Gasteiger partial charge is 0.415 e. The predicted molar refractivity (Wildman–Crippen MR) is 187 cm³/mol. The van der Waals surface area contributed by atoms with Gasteiger partial charge in [0.25, 0.3) is 5.56 Å². The number of pyridine rings is 1. The van der Waals surface area contributed by atoms with Crippen molar-refractivity contribution in [3.8, 4) is 0 Å². The Morgan fingerprint density at radius 1 is 1.09 bits per heavy atom. The number of benzene rings is 3. The number of hydrogen-bond donors (Lipinski definition) is 4. The summed E-state index contributed by atoms with van der Waals surface area (Å²) in [5.74, 6) is -0.151. The van der Waals surface area contributed by atoms with Gasteiger partial charge in [-0.15, -0.1) is 0 Å². The highest BCUT2D eigenvalue weighted by Crippen LogP contribution is 2.36. The van der Waals surface area contributed by atoms with Crippen LogP contribution in [0.15, 0.2) is 77.7 Å². The Morgan fingerprint density at radius 2 is 1.84 bits per heavy atom. The van der Waals surface area contributed by atoms with Gasteiger partial charge in [0.1, 0.15) is 6.04 Å². The van der Waals surface area contributed by atoms with Crippen molar-refractivity contribution in [2.75, 3.05) is 30.8 Å². The molecule has 0 bridgehead atoms. The zero-order valence-electron chi connectivity index (χ0n) is 27.6. The molecule has 4 aromatic rings. The molecular formula is C36H48N4O4Si. The minimum absolute atomic E-state index is 0.0269. The molecule has 0 radical (unpaired) electrons. The maximum Gasteiger partial charge on any atom is 0.255 e. The lowest BCUT2D eigenvalue weighted by atomic mass is 9.93. The topological polar surface area (TPSA) is 121 Å². The molecular weight excluding hydrogens is 581 g/mol. The lowest BCUT2D eigenvalue weighted by Gasteiger charge is -2.37. The summed E-state index contributed by atoms with van der Waals surface area (Å²) in [7, 11) is -2.05. The van der Waals surface area contributed by atoms with Gasteiger partial charge in [-0.2, -0.15) is 0 Å². The number of H-pyrrole nitrogens is 1. The average molecular weight is 629 g/mol. The first-order valence-corrected chi connectivity index (χ1v) is 18.5. The molecule has 9 heteroatoms. The van der Waals surface area contributed by atoms with Gasteiger partial charge in [-0.1, -0.05) is 64.1 Å². The highest BCUT2D eigenvalue weighted by molar-refractivity contribution is 6.74. The number of aliphatic hydroxyl groups excluding tert-OH is 1. The third-order valence-electron chi connectivity index (χ3n) is 9.03. The molecule has 0 saturated heterocycles. The Hall–Kier alpha value is -3.92. The van der Waals surface area contributed by atoms with Crippen LogP contribution in [0.2, 0.25) is 18.1 Å². The van der Waals surface area contributed by atoms with Crippen LogP contribution in [0.25, 0.3) is 10.8 Å². The lowest BCUT2D eigenvalue weighted by molar-refractivity contribution is -0.133. The predicted octanol–water partition coefficient (Wildman–Crippen LogP) is 6.72. The van der Waals surface area contributed by atoms with Crippen molar-refractivity contribution in [2.45, 2.75) is 71.3 Å². The highest BCUT2D eigenvalue weighted by Gasteiger charge is 2.37. The minimum atomic E-state index is -2.05. The standard InChI is InChI=1S/C36H48N4O4Si/c1-24-19-28(12-14-31(24)25(2)23-41)33(39-30-13-11-27-15-16-38-34(42)32(27)21-30)35(43)40(22-26-9-8-10-29(37)20-26)17-18-44-45(6,7)36(3,4)5/h8-16,19-21,25,33,39,41H,17-18,22-23,37H2,1-7H3,(H,38,42)/t25-,33?/m0/s1. The smallest absolute Gasteiger partial charge is 0.255 e. The SMILES string of the molecule is Cc1cc(C(Nc2ccc3cc[nH]c(=O)c3c2)C(=O)N(CCO[Si](C)(C)C(C)(C)C)Cc2cccc(N)c2)ccc1[C@@H](C)CO. The van der Waals surface area contributed by atoms with E-state index >= 15 is 0 Å². The van der Waals surface area contributed by atoms with Crippen LogP contribution >= 0.6 is 0 Å². The summed E-state index contributed by atoms with van der Waals surface area (Å²) in [5, 5.41) is 14.6. The molecule has 1 unspecified atom stereocenters. The van der Waals surface area contributed by atoms with Crippen molar-refractivity contribution in [1.82, 2.24) is 9.88 Å². The van der Waals surface area contributed by atoms with Gasteiger partial charge in [0.15, 0.2) is 8.32 Å². The molecule has 0 aliphatic carbocycles. The van der Waals surface area contributed by atoms with Gasteiger partial charge in [0, 0.05) is 48.6 Å². The Labute approximate surface area is 267 Å². The van der Waals surface area contributed by atoms with Gasteiger partial charge in [0.05, 0.1) is 6.61 Å². The Balaban J connectivity index is 1.74. The molecule has 1 aromatic heterocycles. The number of nitrogens with zero attached hydrogens (tertiary/aromatic N) is 1. The third-order valence-corrected chi connectivity index (χ3v) is 13.6. The summed E-state index contributed by atoms with van der Waals surface area (Å²) in [4.78, 5) is 31.9. The van der Waals surface area contributed by atoms with Crippen LogP contribution in [0.1, 0.15) is 61.9 Å². The van der Waals surface area contributed by atoms with Crippen molar-refractivity contribution in [3.63, 3.8) is 0 Å². The number of aromatic nitrogens is 1. The first kappa shape index (κ1) is 34.0. The van der Waals surface area contributed by atoms with E-state index in [2.05, 4.69) is 44.2 Å². The van der Waals surface area contributed by atoms with Crippen LogP contribution in [0.5, 0.6) is 0 Å². The number of fused-ring (bicyclic) bond motifs is 1. The molecule has 4 rings (SSSR count). The molecule has 240 valence electrons. The van der Waals surface area contributed by atoms with Gasteiger partial charge in [-0.05, 0) is 83.0 Å². The van der Waals surface area contributed by atoms with Crippen LogP contribution in [-0.2, 0) is 15.8 Å². The Kier molecular flexibility index (Phi) is 10.6. The molecule has 0 fully saturated rings. The molecule has 0 aliphatic heterocycles. The second-order valence-electron chi connectivity index (χ2n) is 13.5. The number of aliphatic hydroxyl groups is 1. The molecule has 5 N–H and O–H groups in total. The maximum atomic E-state index is 14.7. The fraction of sp³-hybridized carbons (Fsp3) is 0.389. The number of amides is 1. The summed E-state index contributed by atoms with van der Waals surface area (Å²) < 4.78 is 6.51. The normalized spacial score (nSPS) is 13.4. The number of anilines is 2. The molecule has 8 nitrogen and oxygen atoms in total. The average Bonchev–Trinajstić information content (AvgIpc) is 2.98. The second-order valence-corrected chi connectivity index (χ2v) is 18.3. The molecule has 0 aliphatic rings. The summed E-state index contributed by atoms with van der Waals surface area (Å²) in [6.45, 7) is 16.2. The van der Waals surface area contributed by atoms with E-state index in [0.29, 0.717) is 36.5 Å². The minimum Gasteiger partial charge on any atom is -0.415 e. The van der Waals surface area contributed by atoms with Crippen LogP contribution in [0.3, 0.4) is 0 Å². The Morgan fingerprint density at radius 3 is 2.51 bits per heavy atom. The first-order chi connectivity index (χ1) is 21.2. The summed E-state index contributed by atoms with van der Waals surface area (Å²) in [5.41, 5.74) is 11.0. The molecule has 1 amide bonds. The number of hydrogen-bond acceptors (Lipinski definition) is 6. The molecule has 0 saturated carbocycles. The zero-order chi connectivity index (χ0) is 32.9. The van der Waals surface area contributed by atoms with Gasteiger partial charge in [0.2, 0.25) is 5.91 Å². The number of nitrogen functional groups attached to an aromatic ring is 1. The maximum absolute atomic E-state index is 14.7. The summed E-state index contributed by atoms with van der Waals surface area (Å²) in [6.07, 6.45) is 1.63. The van der Waals surface area contributed by atoms with E-state index in [-0.39, 0.29) is 29.0 Å². The number of aromatic amines is 1. The van der Waals surface area contributed by atoms with E-state index < -0.39 is 14.4 Å². The molecule has 2 atom stereocenters. The zero-order valence-corrected chi connectivity index (χ0v) is 28.6. The van der Waals surface area contributed by atoms with E-state index in [1.807, 2.05) is 79.4 Å². The highest BCUT2D eigenvalue weighted by atomic mass is 28.4. The molecule has 0 spiro atoms. The van der Waals surface area contributed by atoms with Crippen molar-refractivity contribution in [1.29, 1.82) is 0 Å². The third kappa shape index (κ3) is 8.22. The van der Waals surface area contributed by atoms with Gasteiger partial charge >= 0.3 is 0 Å². The second kappa shape index (κ2) is 14.0. The van der Waals surface area contributed by atoms with E-state index in [1.165, 1.54) is 0 Å². The van der Waals surface area contributed by atoms with E-state index in [0.717, 1.165) is 27.6 Å². The van der Waals surface area contributed by atoms with Crippen molar-refractivity contribution < 1.29 is 14.3 Å². The summed E-state index contributed by atoms with van der Waals surface area (Å²) in [6, 6.07) is 20.2. The van der Waals surface area contributed by atoms with Crippen LogP contribution in [0.4, 0.5) is 11.4 Å². The number of nitrogens with one attached hydrogen (secondary N) is 2. The van der Waals surface area contributed by atoms with Crippen molar-refractivity contribution >= 4 is 36.4 Å². The molecule has 3 aromatic carbocycles. The van der Waals surface area contributed by atoms with Crippen LogP contribution < -0.4 is 16.6 Å². The van der Waals surface area contributed by atoms with Gasteiger partial charge < -0.3 is 30.5 Å². The number of aryl methyl sites for hydroxylation is 1. The van der Waals surface area contributed by atoms with E-state index in [9.17, 15) is 14.7 Å². The monoisotopic (exact) mass is 628 g/mol. The fourth-order valence-corrected chi connectivity index (χ4v) is 6.28. The summed E-state index contributed by atoms with van der Waals surface area (Å²) >= 11 is 0. The van der Waals surface area contributed by atoms with Gasteiger partial charge in [-0.3, -0.25) is 9.59 Å². The number of nitrogens with two attached hydrogens (primary N) is 1. The van der Waals surface area contributed by atoms with Crippen LogP contribution in [0, 0.1) is 6.92 Å². The number of rotatable bonds is 12. The fourth-order valence-electron chi connectivity index (χ4n) is 5.25. The quantitative estimate of drug-likeness (QED) is 0.102. The van der Waals surface area contributed by atoms with E-state index in [4.69, 9.17) is 10.2 Å². The number of carbonyl (C=O) groups excluding carboxylic acids is 1. The Bertz CT molecular complexity index is 1690. The van der Waals surface area contributed by atoms with Gasteiger partial charge in [-0.25, -0.2) is 0 Å². The van der Waals surface area contributed by atoms with Crippen LogP contribution in [-0.4, -0.2) is 49.0 Å². The lowest BCUT2D eigenvalue weighted by Crippen LogP contribution is -2.44. The molecule has 1 heterocycles. The first-order valence-electron chi connectivity index (χ1n) is 15.6.